The van der Waals surface area contributed by atoms with Crippen LogP contribution in [0.15, 0.2) is 18.3 Å². The zero-order valence-corrected chi connectivity index (χ0v) is 10.1. The number of nitrogens with zero attached hydrogens (tertiary/aromatic N) is 4. The molecule has 18 heavy (non-hydrogen) atoms. The summed E-state index contributed by atoms with van der Waals surface area (Å²) in [6, 6.07) is 2.97. The molecule has 0 aliphatic heterocycles. The highest BCUT2D eigenvalue weighted by Crippen LogP contribution is 2.18. The Hall–Kier alpha value is -2.44. The zero-order valence-electron chi connectivity index (χ0n) is 10.1. The normalized spacial score (nSPS) is 10.3. The maximum absolute atomic E-state index is 10.6. The van der Waals surface area contributed by atoms with Crippen molar-refractivity contribution in [2.24, 2.45) is 7.05 Å². The third kappa shape index (κ3) is 2.45. The van der Waals surface area contributed by atoms with Gasteiger partial charge >= 0.3 is 5.97 Å². The van der Waals surface area contributed by atoms with Gasteiger partial charge in [0.25, 0.3) is 0 Å². The number of aromatic nitrogens is 4. The average Bonchev–Trinajstić information content (AvgIpc) is 2.70. The number of carbonyl (C=O) groups is 1. The van der Waals surface area contributed by atoms with E-state index in [9.17, 15) is 4.79 Å². The van der Waals surface area contributed by atoms with E-state index >= 15 is 0 Å². The number of nitrogens with one attached hydrogen (secondary N) is 1. The van der Waals surface area contributed by atoms with Crippen molar-refractivity contribution in [1.29, 1.82) is 0 Å². The number of carboxylic acid groups (broad SMARTS) is 1. The lowest BCUT2D eigenvalue weighted by Crippen LogP contribution is -2.03. The molecule has 94 valence electrons. The first kappa shape index (κ1) is 12.0. The Morgan fingerprint density at radius 2 is 2.22 bits per heavy atom. The summed E-state index contributed by atoms with van der Waals surface area (Å²) < 4.78 is 1.71. The summed E-state index contributed by atoms with van der Waals surface area (Å²) in [5, 5.41) is 23.5. The second-order valence-electron chi connectivity index (χ2n) is 3.75. The summed E-state index contributed by atoms with van der Waals surface area (Å²) in [4.78, 5) is 10.6. The van der Waals surface area contributed by atoms with E-state index in [1.807, 2.05) is 20.2 Å². The second kappa shape index (κ2) is 4.82. The maximum Gasteiger partial charge on any atom is 0.356 e. The van der Waals surface area contributed by atoms with E-state index in [1.165, 1.54) is 6.07 Å². The standard InChI is InChI=1S/C11H13N5O2/c1-3-7-9(6-16(2)15-7)12-10-5-4-8(11(17)18)13-14-10/h4-6H,3H2,1-2H3,(H,12,14)(H,17,18). The molecular formula is C11H13N5O2. The molecule has 0 aliphatic carbocycles. The molecule has 2 N–H and O–H groups in total. The van der Waals surface area contributed by atoms with E-state index in [4.69, 9.17) is 5.11 Å². The Kier molecular flexibility index (Phi) is 3.22. The number of aryl methyl sites for hydroxylation is 2. The summed E-state index contributed by atoms with van der Waals surface area (Å²) in [6.45, 7) is 2.01. The topological polar surface area (TPSA) is 92.9 Å². The summed E-state index contributed by atoms with van der Waals surface area (Å²) >= 11 is 0. The summed E-state index contributed by atoms with van der Waals surface area (Å²) in [5.41, 5.74) is 1.68. The molecule has 2 aromatic heterocycles. The monoisotopic (exact) mass is 247 g/mol. The number of carboxylic acids is 1. The number of anilines is 2. The molecule has 7 nitrogen and oxygen atoms in total. The van der Waals surface area contributed by atoms with E-state index in [1.54, 1.807) is 10.7 Å². The Balaban J connectivity index is 2.20. The van der Waals surface area contributed by atoms with Crippen LogP contribution in [0.5, 0.6) is 0 Å². The van der Waals surface area contributed by atoms with Crippen molar-refractivity contribution in [1.82, 2.24) is 20.0 Å². The highest BCUT2D eigenvalue weighted by molar-refractivity contribution is 5.85. The summed E-state index contributed by atoms with van der Waals surface area (Å²) in [6.07, 6.45) is 2.63. The Bertz CT molecular complexity index is 561. The predicted molar refractivity (Wildman–Crippen MR) is 64.9 cm³/mol. The Labute approximate surface area is 103 Å². The SMILES string of the molecule is CCc1nn(C)cc1Nc1ccc(C(=O)O)nn1. The first-order chi connectivity index (χ1) is 8.60. The molecule has 0 saturated carbocycles. The molecule has 0 saturated heterocycles. The first-order valence-electron chi connectivity index (χ1n) is 5.46. The van der Waals surface area contributed by atoms with Gasteiger partial charge in [-0.3, -0.25) is 4.68 Å². The van der Waals surface area contributed by atoms with Gasteiger partial charge in [0.2, 0.25) is 0 Å². The summed E-state index contributed by atoms with van der Waals surface area (Å²) in [5.74, 6) is -0.604. The third-order valence-electron chi connectivity index (χ3n) is 2.39. The lowest BCUT2D eigenvalue weighted by Gasteiger charge is -2.03. The number of rotatable bonds is 4. The molecular weight excluding hydrogens is 234 g/mol. The van der Waals surface area contributed by atoms with Gasteiger partial charge in [-0.1, -0.05) is 6.92 Å². The van der Waals surface area contributed by atoms with Gasteiger partial charge in [0.05, 0.1) is 11.4 Å². The molecule has 0 spiro atoms. The van der Waals surface area contributed by atoms with E-state index in [-0.39, 0.29) is 5.69 Å². The van der Waals surface area contributed by atoms with Gasteiger partial charge in [-0.15, -0.1) is 10.2 Å². The molecule has 0 atom stereocenters. The fraction of sp³-hybridized carbons (Fsp3) is 0.273. The van der Waals surface area contributed by atoms with Crippen LogP contribution >= 0.6 is 0 Å². The smallest absolute Gasteiger partial charge is 0.356 e. The molecule has 2 aromatic rings. The third-order valence-corrected chi connectivity index (χ3v) is 2.39. The number of hydrogen-bond donors (Lipinski definition) is 2. The number of aromatic carboxylic acids is 1. The van der Waals surface area contributed by atoms with Crippen molar-refractivity contribution < 1.29 is 9.90 Å². The van der Waals surface area contributed by atoms with Crippen molar-refractivity contribution >= 4 is 17.5 Å². The summed E-state index contributed by atoms with van der Waals surface area (Å²) in [7, 11) is 1.84. The molecule has 0 radical (unpaired) electrons. The van der Waals surface area contributed by atoms with Gasteiger partial charge in [0.1, 0.15) is 0 Å². The molecule has 0 fully saturated rings. The van der Waals surface area contributed by atoms with Gasteiger partial charge < -0.3 is 10.4 Å². The van der Waals surface area contributed by atoms with Crippen molar-refractivity contribution in [3.63, 3.8) is 0 Å². The van der Waals surface area contributed by atoms with Crippen LogP contribution in [0.2, 0.25) is 0 Å². The van der Waals surface area contributed by atoms with E-state index < -0.39 is 5.97 Å². The van der Waals surface area contributed by atoms with Gasteiger partial charge in [-0.25, -0.2) is 4.79 Å². The van der Waals surface area contributed by atoms with Crippen molar-refractivity contribution in [2.45, 2.75) is 13.3 Å². The highest BCUT2D eigenvalue weighted by Gasteiger charge is 2.08. The van der Waals surface area contributed by atoms with Crippen LogP contribution in [0.25, 0.3) is 0 Å². The van der Waals surface area contributed by atoms with Gasteiger partial charge in [-0.2, -0.15) is 5.10 Å². The Morgan fingerprint density at radius 3 is 2.78 bits per heavy atom. The molecule has 0 unspecified atom stereocenters. The second-order valence-corrected chi connectivity index (χ2v) is 3.75. The predicted octanol–water partition coefficient (Wildman–Crippen LogP) is 1.21. The van der Waals surface area contributed by atoms with Crippen molar-refractivity contribution in [2.75, 3.05) is 5.32 Å². The van der Waals surface area contributed by atoms with Gasteiger partial charge in [0.15, 0.2) is 11.5 Å². The van der Waals surface area contributed by atoms with E-state index in [2.05, 4.69) is 20.6 Å². The minimum atomic E-state index is -1.09. The quantitative estimate of drug-likeness (QED) is 0.843. The zero-order chi connectivity index (χ0) is 13.1. The largest absolute Gasteiger partial charge is 0.476 e. The minimum absolute atomic E-state index is 0.0811. The van der Waals surface area contributed by atoms with Crippen LogP contribution in [0.3, 0.4) is 0 Å². The molecule has 2 rings (SSSR count). The first-order valence-corrected chi connectivity index (χ1v) is 5.46. The molecule has 2 heterocycles. The average molecular weight is 247 g/mol. The lowest BCUT2D eigenvalue weighted by atomic mass is 10.3. The maximum atomic E-state index is 10.6. The fourth-order valence-electron chi connectivity index (χ4n) is 1.55. The van der Waals surface area contributed by atoms with Crippen LogP contribution in [-0.2, 0) is 13.5 Å². The van der Waals surface area contributed by atoms with Crippen molar-refractivity contribution in [3.8, 4) is 0 Å². The fourth-order valence-corrected chi connectivity index (χ4v) is 1.55. The van der Waals surface area contributed by atoms with Crippen LogP contribution in [0, 0.1) is 0 Å². The van der Waals surface area contributed by atoms with Crippen LogP contribution in [0.1, 0.15) is 23.1 Å². The molecule has 0 amide bonds. The van der Waals surface area contributed by atoms with Crippen LogP contribution in [-0.4, -0.2) is 31.1 Å². The molecule has 0 bridgehead atoms. The van der Waals surface area contributed by atoms with E-state index in [0.29, 0.717) is 5.82 Å². The molecule has 7 heteroatoms. The van der Waals surface area contributed by atoms with Crippen molar-refractivity contribution in [3.05, 3.63) is 29.7 Å². The van der Waals surface area contributed by atoms with E-state index in [0.717, 1.165) is 17.8 Å². The van der Waals surface area contributed by atoms with Gasteiger partial charge in [0, 0.05) is 13.2 Å². The molecule has 0 aliphatic rings. The Morgan fingerprint density at radius 1 is 1.44 bits per heavy atom. The lowest BCUT2D eigenvalue weighted by molar-refractivity contribution is 0.0689. The molecule has 0 aromatic carbocycles. The minimum Gasteiger partial charge on any atom is -0.476 e. The van der Waals surface area contributed by atoms with Crippen LogP contribution in [0.4, 0.5) is 11.5 Å². The number of hydrogen-bond acceptors (Lipinski definition) is 5. The highest BCUT2D eigenvalue weighted by atomic mass is 16.4. The van der Waals surface area contributed by atoms with Crippen LogP contribution < -0.4 is 5.32 Å². The van der Waals surface area contributed by atoms with Gasteiger partial charge in [-0.05, 0) is 18.6 Å².